The molecule has 2 nitrogen and oxygen atoms in total. The van der Waals surface area contributed by atoms with Gasteiger partial charge in [-0.25, -0.2) is 0 Å². The van der Waals surface area contributed by atoms with E-state index >= 15 is 0 Å². The van der Waals surface area contributed by atoms with E-state index in [1.54, 1.807) is 0 Å². The molecule has 2 aliphatic rings. The number of allylic oxidation sites excluding steroid dienone is 9. The Morgan fingerprint density at radius 1 is 1.17 bits per heavy atom. The minimum atomic E-state index is 0.792. The van der Waals surface area contributed by atoms with Crippen molar-refractivity contribution in [3.63, 3.8) is 0 Å². The molecule has 0 amide bonds. The largest absolute Gasteiger partial charge is 0.397 e. The van der Waals surface area contributed by atoms with Gasteiger partial charge in [0.15, 0.2) is 0 Å². The fraction of sp³-hybridized carbons (Fsp3) is 0.238. The van der Waals surface area contributed by atoms with Gasteiger partial charge >= 0.3 is 0 Å². The van der Waals surface area contributed by atoms with Gasteiger partial charge in [0.05, 0.1) is 11.4 Å². The lowest BCUT2D eigenvalue weighted by atomic mass is 9.98. The van der Waals surface area contributed by atoms with Crippen LogP contribution in [0.25, 0.3) is 5.57 Å². The second-order valence-corrected chi connectivity index (χ2v) is 6.11. The SMILES string of the molecule is C=C(C)N(C1=CC=CCC1)c1ccc(C2=CCCC=C2)cc1N. The van der Waals surface area contributed by atoms with Gasteiger partial charge in [0.1, 0.15) is 0 Å². The van der Waals surface area contributed by atoms with Crippen molar-refractivity contribution in [1.29, 1.82) is 0 Å². The standard InChI is InChI=1S/C21H24N2/c1-16(2)23(19-11-7-4-8-12-19)21-14-13-18(15-20(21)22)17-9-5-3-6-10-17/h4-5,7,9-11,13-15H,1,3,6,8,12,22H2,2H3. The van der Waals surface area contributed by atoms with Gasteiger partial charge in [-0.15, -0.1) is 0 Å². The predicted molar refractivity (Wildman–Crippen MR) is 101 cm³/mol. The van der Waals surface area contributed by atoms with E-state index in [0.717, 1.165) is 42.8 Å². The first kappa shape index (κ1) is 15.4. The molecule has 0 saturated heterocycles. The van der Waals surface area contributed by atoms with Crippen molar-refractivity contribution in [3.8, 4) is 0 Å². The topological polar surface area (TPSA) is 29.3 Å². The molecule has 0 unspecified atom stereocenters. The van der Waals surface area contributed by atoms with E-state index in [-0.39, 0.29) is 0 Å². The van der Waals surface area contributed by atoms with E-state index < -0.39 is 0 Å². The van der Waals surface area contributed by atoms with Gasteiger partial charge in [-0.2, -0.15) is 0 Å². The Labute approximate surface area is 139 Å². The van der Waals surface area contributed by atoms with Crippen LogP contribution < -0.4 is 10.6 Å². The second-order valence-electron chi connectivity index (χ2n) is 6.11. The third-order valence-electron chi connectivity index (χ3n) is 4.26. The third kappa shape index (κ3) is 3.31. The van der Waals surface area contributed by atoms with Crippen molar-refractivity contribution in [2.75, 3.05) is 10.6 Å². The summed E-state index contributed by atoms with van der Waals surface area (Å²) in [6, 6.07) is 6.34. The zero-order valence-electron chi connectivity index (χ0n) is 13.8. The van der Waals surface area contributed by atoms with Gasteiger partial charge in [-0.1, -0.05) is 43.0 Å². The summed E-state index contributed by atoms with van der Waals surface area (Å²) in [5.74, 6) is 0. The first-order chi connectivity index (χ1) is 11.2. The lowest BCUT2D eigenvalue weighted by Crippen LogP contribution is -2.21. The number of benzene rings is 1. The maximum Gasteiger partial charge on any atom is 0.0685 e. The van der Waals surface area contributed by atoms with Gasteiger partial charge in [-0.3, -0.25) is 0 Å². The van der Waals surface area contributed by atoms with Crippen LogP contribution >= 0.6 is 0 Å². The first-order valence-electron chi connectivity index (χ1n) is 8.25. The van der Waals surface area contributed by atoms with Crippen LogP contribution in [0.2, 0.25) is 0 Å². The van der Waals surface area contributed by atoms with Gasteiger partial charge in [0, 0.05) is 11.4 Å². The zero-order chi connectivity index (χ0) is 16.2. The number of hydrogen-bond donors (Lipinski definition) is 1. The summed E-state index contributed by atoms with van der Waals surface area (Å²) in [5, 5.41) is 0. The summed E-state index contributed by atoms with van der Waals surface area (Å²) < 4.78 is 0. The first-order valence-corrected chi connectivity index (χ1v) is 8.25. The molecule has 2 aliphatic carbocycles. The monoisotopic (exact) mass is 304 g/mol. The van der Waals surface area contributed by atoms with Gasteiger partial charge < -0.3 is 10.6 Å². The van der Waals surface area contributed by atoms with Crippen molar-refractivity contribution < 1.29 is 0 Å². The molecule has 0 aliphatic heterocycles. The van der Waals surface area contributed by atoms with Crippen LogP contribution in [0, 0.1) is 0 Å². The molecule has 1 aromatic carbocycles. The van der Waals surface area contributed by atoms with Crippen molar-refractivity contribution in [2.45, 2.75) is 32.6 Å². The van der Waals surface area contributed by atoms with E-state index in [4.69, 9.17) is 5.73 Å². The highest BCUT2D eigenvalue weighted by Crippen LogP contribution is 2.34. The lowest BCUT2D eigenvalue weighted by Gasteiger charge is -2.30. The zero-order valence-corrected chi connectivity index (χ0v) is 13.8. The summed E-state index contributed by atoms with van der Waals surface area (Å²) in [6.07, 6.45) is 17.4. The number of hydrogen-bond acceptors (Lipinski definition) is 2. The fourth-order valence-corrected chi connectivity index (χ4v) is 3.15. The second kappa shape index (κ2) is 6.74. The molecule has 1 aromatic rings. The van der Waals surface area contributed by atoms with Crippen LogP contribution in [-0.2, 0) is 0 Å². The Morgan fingerprint density at radius 3 is 2.65 bits per heavy atom. The molecule has 23 heavy (non-hydrogen) atoms. The molecule has 118 valence electrons. The summed E-state index contributed by atoms with van der Waals surface area (Å²) in [5.41, 5.74) is 12.9. The Morgan fingerprint density at radius 2 is 2.04 bits per heavy atom. The number of rotatable bonds is 4. The normalized spacial score (nSPS) is 16.7. The maximum atomic E-state index is 6.39. The van der Waals surface area contributed by atoms with E-state index in [2.05, 4.69) is 66.1 Å². The minimum absolute atomic E-state index is 0.792. The van der Waals surface area contributed by atoms with Crippen molar-refractivity contribution in [1.82, 2.24) is 0 Å². The van der Waals surface area contributed by atoms with Crippen molar-refractivity contribution in [3.05, 3.63) is 78.2 Å². The molecular formula is C21H24N2. The lowest BCUT2D eigenvalue weighted by molar-refractivity contribution is 0.894. The van der Waals surface area contributed by atoms with Crippen LogP contribution in [0.1, 0.15) is 38.2 Å². The fourth-order valence-electron chi connectivity index (χ4n) is 3.15. The highest BCUT2D eigenvalue weighted by molar-refractivity contribution is 5.82. The van der Waals surface area contributed by atoms with Gasteiger partial charge in [0.25, 0.3) is 0 Å². The van der Waals surface area contributed by atoms with Crippen LogP contribution in [0.4, 0.5) is 11.4 Å². The van der Waals surface area contributed by atoms with Crippen molar-refractivity contribution in [2.24, 2.45) is 0 Å². The van der Waals surface area contributed by atoms with Crippen molar-refractivity contribution >= 4 is 16.9 Å². The number of nitrogen functional groups attached to an aromatic ring is 1. The molecular weight excluding hydrogens is 280 g/mol. The highest BCUT2D eigenvalue weighted by Gasteiger charge is 2.17. The average molecular weight is 304 g/mol. The number of anilines is 2. The molecule has 0 saturated carbocycles. The minimum Gasteiger partial charge on any atom is -0.397 e. The molecule has 2 heteroatoms. The molecule has 0 aromatic heterocycles. The molecule has 3 rings (SSSR count). The molecule has 2 N–H and O–H groups in total. The van der Waals surface area contributed by atoms with Crippen LogP contribution in [0.15, 0.2) is 72.6 Å². The smallest absolute Gasteiger partial charge is 0.0685 e. The maximum absolute atomic E-state index is 6.39. The van der Waals surface area contributed by atoms with Crippen LogP contribution in [0.3, 0.4) is 0 Å². The number of nitrogens with two attached hydrogens (primary N) is 1. The van der Waals surface area contributed by atoms with Gasteiger partial charge in [0.2, 0.25) is 0 Å². The molecule has 0 heterocycles. The van der Waals surface area contributed by atoms with Crippen LogP contribution in [-0.4, -0.2) is 0 Å². The van der Waals surface area contributed by atoms with Crippen LogP contribution in [0.5, 0.6) is 0 Å². The summed E-state index contributed by atoms with van der Waals surface area (Å²) in [7, 11) is 0. The van der Waals surface area contributed by atoms with E-state index in [0.29, 0.717) is 0 Å². The molecule has 0 bridgehead atoms. The quantitative estimate of drug-likeness (QED) is 0.736. The average Bonchev–Trinajstić information content (AvgIpc) is 2.58. The third-order valence-corrected chi connectivity index (χ3v) is 4.26. The number of nitrogens with zero attached hydrogens (tertiary/aromatic N) is 1. The van der Waals surface area contributed by atoms with Gasteiger partial charge in [-0.05, 0) is 62.0 Å². The van der Waals surface area contributed by atoms with E-state index in [1.807, 2.05) is 6.92 Å². The molecule has 0 spiro atoms. The predicted octanol–water partition coefficient (Wildman–Crippen LogP) is 5.58. The summed E-state index contributed by atoms with van der Waals surface area (Å²) in [6.45, 7) is 6.17. The van der Waals surface area contributed by atoms with E-state index in [9.17, 15) is 0 Å². The Hall–Kier alpha value is -2.48. The Balaban J connectivity index is 1.96. The summed E-state index contributed by atoms with van der Waals surface area (Å²) in [4.78, 5) is 2.17. The summed E-state index contributed by atoms with van der Waals surface area (Å²) >= 11 is 0. The Kier molecular flexibility index (Phi) is 4.52. The Bertz CT molecular complexity index is 732. The highest BCUT2D eigenvalue weighted by atomic mass is 15.2. The molecule has 0 radical (unpaired) electrons. The van der Waals surface area contributed by atoms with E-state index in [1.165, 1.54) is 16.8 Å². The molecule has 0 atom stereocenters. The molecule has 0 fully saturated rings.